The number of methoxy groups -OCH3 is 1. The van der Waals surface area contributed by atoms with Crippen molar-refractivity contribution in [1.29, 1.82) is 0 Å². The number of carboxylic acids is 1. The molecule has 3 aromatic rings. The molecule has 0 unspecified atom stereocenters. The molecule has 6 rings (SSSR count). The number of likely N-dealkylation sites (tertiary alicyclic amines) is 1. The summed E-state index contributed by atoms with van der Waals surface area (Å²) in [4.78, 5) is 41.5. The van der Waals surface area contributed by atoms with E-state index in [1.807, 2.05) is 37.1 Å². The molecule has 1 N–H and O–H groups in total. The maximum absolute atomic E-state index is 14.0. The van der Waals surface area contributed by atoms with Crippen LogP contribution in [0.25, 0.3) is 11.3 Å². The van der Waals surface area contributed by atoms with Gasteiger partial charge in [-0.1, -0.05) is 6.07 Å². The van der Waals surface area contributed by atoms with Crippen molar-refractivity contribution in [2.75, 3.05) is 58.4 Å². The first-order valence-electron chi connectivity index (χ1n) is 15.8. The van der Waals surface area contributed by atoms with Crippen LogP contribution in [0.4, 0.5) is 32.0 Å². The number of carboxylic acid groups (broad SMARTS) is 1. The molecule has 1 amide bonds. The smallest absolute Gasteiger partial charge is 0.481 e. The number of hydrogen-bond donors (Lipinski definition) is 1. The third-order valence-electron chi connectivity index (χ3n) is 9.06. The van der Waals surface area contributed by atoms with Crippen LogP contribution in [-0.4, -0.2) is 101 Å². The summed E-state index contributed by atoms with van der Waals surface area (Å²) in [5, 5.41) is 7.12. The number of hydrogen-bond acceptors (Lipinski definition) is 9. The Morgan fingerprint density at radius 3 is 2.28 bits per heavy atom. The first-order chi connectivity index (χ1) is 23.6. The third-order valence-corrected chi connectivity index (χ3v) is 9.06. The molecule has 3 aromatic heterocycles. The van der Waals surface area contributed by atoms with E-state index in [0.717, 1.165) is 16.8 Å². The number of alkyl halides is 6. The molecule has 0 aliphatic carbocycles. The van der Waals surface area contributed by atoms with Crippen LogP contribution in [0.1, 0.15) is 36.7 Å². The lowest BCUT2D eigenvalue weighted by Crippen LogP contribution is -2.58. The van der Waals surface area contributed by atoms with E-state index in [4.69, 9.17) is 24.4 Å². The van der Waals surface area contributed by atoms with Gasteiger partial charge in [-0.25, -0.2) is 14.8 Å². The zero-order valence-corrected chi connectivity index (χ0v) is 27.5. The Labute approximate surface area is 283 Å². The van der Waals surface area contributed by atoms with Gasteiger partial charge in [-0.3, -0.25) is 9.78 Å². The van der Waals surface area contributed by atoms with Gasteiger partial charge in [0.1, 0.15) is 0 Å². The average Bonchev–Trinajstić information content (AvgIpc) is 3.06. The molecule has 2 fully saturated rings. The van der Waals surface area contributed by atoms with Crippen molar-refractivity contribution < 1.29 is 50.5 Å². The highest BCUT2D eigenvalue weighted by Crippen LogP contribution is 2.45. The van der Waals surface area contributed by atoms with E-state index in [2.05, 4.69) is 20.9 Å². The van der Waals surface area contributed by atoms with Gasteiger partial charge in [-0.05, 0) is 56.6 Å². The minimum absolute atomic E-state index is 0.0399. The Bertz CT molecular complexity index is 1710. The van der Waals surface area contributed by atoms with Gasteiger partial charge in [0.05, 0.1) is 48.8 Å². The molecule has 3 aliphatic heterocycles. The highest BCUT2D eigenvalue weighted by Gasteiger charge is 2.47. The Morgan fingerprint density at radius 2 is 1.70 bits per heavy atom. The van der Waals surface area contributed by atoms with Crippen molar-refractivity contribution in [3.63, 3.8) is 0 Å². The quantitative estimate of drug-likeness (QED) is 0.349. The first-order valence-corrected chi connectivity index (χ1v) is 15.8. The molecule has 11 nitrogen and oxygen atoms in total. The molecule has 0 saturated carbocycles. The number of halogens is 6. The van der Waals surface area contributed by atoms with Crippen LogP contribution in [0.2, 0.25) is 0 Å². The molecular weight excluding hydrogens is 674 g/mol. The number of ether oxygens (including phenoxy) is 2. The van der Waals surface area contributed by atoms with Gasteiger partial charge in [-0.15, -0.1) is 0 Å². The molecule has 1 spiro atoms. The fourth-order valence-corrected chi connectivity index (χ4v) is 6.66. The van der Waals surface area contributed by atoms with Crippen molar-refractivity contribution in [2.24, 2.45) is 5.92 Å². The van der Waals surface area contributed by atoms with E-state index in [1.54, 1.807) is 11.1 Å². The highest BCUT2D eigenvalue weighted by atomic mass is 19.4. The molecular formula is C33H36F6N6O5. The highest BCUT2D eigenvalue weighted by molar-refractivity contribution is 5.81. The molecule has 50 heavy (non-hydrogen) atoms. The van der Waals surface area contributed by atoms with Gasteiger partial charge in [0, 0.05) is 50.4 Å². The van der Waals surface area contributed by atoms with Gasteiger partial charge in [0.25, 0.3) is 0 Å². The van der Waals surface area contributed by atoms with Gasteiger partial charge in [0.15, 0.2) is 5.69 Å². The van der Waals surface area contributed by atoms with E-state index < -0.39 is 29.4 Å². The van der Waals surface area contributed by atoms with Gasteiger partial charge in [0.2, 0.25) is 17.7 Å². The van der Waals surface area contributed by atoms with E-state index in [9.17, 15) is 31.1 Å². The van der Waals surface area contributed by atoms with Gasteiger partial charge < -0.3 is 29.3 Å². The number of aromatic nitrogens is 3. The monoisotopic (exact) mass is 710 g/mol. The van der Waals surface area contributed by atoms with Gasteiger partial charge >= 0.3 is 18.3 Å². The van der Waals surface area contributed by atoms with E-state index >= 15 is 0 Å². The fourth-order valence-electron chi connectivity index (χ4n) is 6.66. The first kappa shape index (κ1) is 36.6. The zero-order chi connectivity index (χ0) is 36.4. The van der Waals surface area contributed by atoms with Crippen LogP contribution in [-0.2, 0) is 27.7 Å². The second-order valence-corrected chi connectivity index (χ2v) is 12.4. The molecule has 0 atom stereocenters. The Morgan fingerprint density at radius 1 is 1.02 bits per heavy atom. The van der Waals surface area contributed by atoms with Crippen molar-refractivity contribution in [3.05, 3.63) is 59.5 Å². The number of rotatable bonds is 6. The molecule has 0 radical (unpaired) electrons. The van der Waals surface area contributed by atoms with Crippen LogP contribution in [0.5, 0.6) is 11.8 Å². The predicted octanol–water partition coefficient (Wildman–Crippen LogP) is 5.04. The molecule has 0 aromatic carbocycles. The average molecular weight is 711 g/mol. The van der Waals surface area contributed by atoms with E-state index in [-0.39, 0.29) is 23.4 Å². The largest absolute Gasteiger partial charge is 0.490 e. The minimum Gasteiger partial charge on any atom is -0.481 e. The number of carbonyl (C=O) groups is 2. The van der Waals surface area contributed by atoms with Crippen LogP contribution in [0.3, 0.4) is 0 Å². The van der Waals surface area contributed by atoms with Crippen LogP contribution < -0.4 is 14.4 Å². The minimum atomic E-state index is -5.08. The predicted molar refractivity (Wildman–Crippen MR) is 168 cm³/mol. The molecule has 270 valence electrons. The summed E-state index contributed by atoms with van der Waals surface area (Å²) >= 11 is 0. The molecule has 2 saturated heterocycles. The lowest BCUT2D eigenvalue weighted by molar-refractivity contribution is -0.192. The fraction of sp³-hybridized carbons (Fsp3) is 0.485. The SMILES string of the molecule is CCOc1ncccc1-c1ccc2c(n1)CN(C(=O)C1CN(C)C1)CC21CCN(c2ccc(OC)nc2C(F)(F)F)CC1.O=C(O)C(F)(F)F. The summed E-state index contributed by atoms with van der Waals surface area (Å²) in [7, 11) is 3.29. The van der Waals surface area contributed by atoms with Gasteiger partial charge in [-0.2, -0.15) is 26.3 Å². The van der Waals surface area contributed by atoms with Crippen LogP contribution in [0.15, 0.2) is 42.6 Å². The molecule has 0 bridgehead atoms. The summed E-state index contributed by atoms with van der Waals surface area (Å²) in [5.41, 5.74) is 2.00. The Hall–Kier alpha value is -4.67. The van der Waals surface area contributed by atoms with E-state index in [0.29, 0.717) is 70.3 Å². The third kappa shape index (κ3) is 7.71. The number of pyridine rings is 3. The number of carbonyl (C=O) groups excluding carboxylic acids is 1. The number of nitrogens with zero attached hydrogens (tertiary/aromatic N) is 6. The second kappa shape index (κ2) is 14.3. The van der Waals surface area contributed by atoms with Crippen LogP contribution in [0, 0.1) is 5.92 Å². The number of piperidine rings is 1. The summed E-state index contributed by atoms with van der Waals surface area (Å²) in [6.45, 7) is 5.45. The zero-order valence-electron chi connectivity index (χ0n) is 27.5. The summed E-state index contributed by atoms with van der Waals surface area (Å²) in [5.74, 6) is -2.30. The van der Waals surface area contributed by atoms with E-state index in [1.165, 1.54) is 19.2 Å². The Balaban J connectivity index is 0.000000630. The lowest BCUT2D eigenvalue weighted by Gasteiger charge is -2.50. The van der Waals surface area contributed by atoms with Crippen LogP contribution >= 0.6 is 0 Å². The maximum atomic E-state index is 14.0. The number of amides is 1. The second-order valence-electron chi connectivity index (χ2n) is 12.4. The topological polar surface area (TPSA) is 121 Å². The molecule has 17 heteroatoms. The lowest BCUT2D eigenvalue weighted by atomic mass is 9.69. The normalized spacial score (nSPS) is 17.7. The summed E-state index contributed by atoms with van der Waals surface area (Å²) in [6, 6.07) is 10.7. The maximum Gasteiger partial charge on any atom is 0.490 e. The number of aliphatic carboxylic acids is 1. The Kier molecular flexibility index (Phi) is 10.5. The summed E-state index contributed by atoms with van der Waals surface area (Å²) in [6.07, 6.45) is -6.90. The molecule has 6 heterocycles. The summed E-state index contributed by atoms with van der Waals surface area (Å²) < 4.78 is 84.4. The number of fused-ring (bicyclic) bond motifs is 2. The molecule has 3 aliphatic rings. The van der Waals surface area contributed by atoms with Crippen molar-refractivity contribution in [2.45, 2.75) is 44.1 Å². The van der Waals surface area contributed by atoms with Crippen molar-refractivity contribution in [3.8, 4) is 23.0 Å². The number of anilines is 1. The van der Waals surface area contributed by atoms with Crippen molar-refractivity contribution >= 4 is 17.6 Å². The standard InChI is InChI=1S/C31H35F3N6O3.C2HF3O2/c1-4-43-28-21(6-5-13-35-28)23-8-7-22-24(36-23)18-40(29(41)20-16-38(2)17-20)19-30(22)11-14-39(15-12-30)25-9-10-26(42-3)37-27(25)31(32,33)34;3-2(4,5)1(6)7/h5-10,13,20H,4,11-12,14-19H2,1-3H3;(H,6,7). The van der Waals surface area contributed by atoms with Crippen molar-refractivity contribution in [1.82, 2.24) is 24.8 Å².